The van der Waals surface area contributed by atoms with E-state index in [0.29, 0.717) is 18.0 Å². The second kappa shape index (κ2) is 5.08. The number of rotatable bonds is 2. The smallest absolute Gasteiger partial charge is 0.410 e. The highest BCUT2D eigenvalue weighted by Crippen LogP contribution is 2.40. The van der Waals surface area contributed by atoms with Crippen LogP contribution in [-0.4, -0.2) is 40.4 Å². The van der Waals surface area contributed by atoms with E-state index in [2.05, 4.69) is 0 Å². The lowest BCUT2D eigenvalue weighted by atomic mass is 9.89. The number of aliphatic hydroxyl groups excluding tert-OH is 1. The van der Waals surface area contributed by atoms with Crippen molar-refractivity contribution in [3.05, 3.63) is 0 Å². The maximum absolute atomic E-state index is 12.2. The van der Waals surface area contributed by atoms with Crippen molar-refractivity contribution in [1.29, 1.82) is 0 Å². The molecule has 0 spiro atoms. The molecule has 0 radical (unpaired) electrons. The Bertz CT molecular complexity index is 297. The predicted molar refractivity (Wildman–Crippen MR) is 69.3 cm³/mol. The van der Waals surface area contributed by atoms with Crippen molar-refractivity contribution in [2.75, 3.05) is 6.61 Å². The normalized spacial score (nSPS) is 31.6. The van der Waals surface area contributed by atoms with Crippen LogP contribution in [0.5, 0.6) is 0 Å². The second-order valence-corrected chi connectivity index (χ2v) is 6.62. The summed E-state index contributed by atoms with van der Waals surface area (Å²) < 4.78 is 5.49. The molecule has 4 heteroatoms. The first-order valence-corrected chi connectivity index (χ1v) is 7.03. The molecule has 0 aromatic rings. The van der Waals surface area contributed by atoms with Gasteiger partial charge in [-0.2, -0.15) is 0 Å². The van der Waals surface area contributed by atoms with E-state index in [4.69, 9.17) is 9.84 Å². The van der Waals surface area contributed by atoms with Gasteiger partial charge in [0.2, 0.25) is 0 Å². The summed E-state index contributed by atoms with van der Waals surface area (Å²) in [6.45, 7) is 5.98. The van der Waals surface area contributed by atoms with Gasteiger partial charge in [-0.05, 0) is 58.8 Å². The maximum Gasteiger partial charge on any atom is 0.410 e. The lowest BCUT2D eigenvalue weighted by Gasteiger charge is -2.39. The van der Waals surface area contributed by atoms with E-state index in [1.165, 1.54) is 0 Å². The molecule has 4 nitrogen and oxygen atoms in total. The summed E-state index contributed by atoms with van der Waals surface area (Å²) in [4.78, 5) is 14.2. The standard InChI is InChI=1S/C14H25NO3/c1-14(2,3)18-13(17)15-11-4-5-12(15)9-10(8-11)6-7-16/h10-12,16H,4-9H2,1-3H3/t11-,12-/m1/s1. The first kappa shape index (κ1) is 13.7. The fourth-order valence-electron chi connectivity index (χ4n) is 3.32. The predicted octanol–water partition coefficient (Wildman–Crippen LogP) is 2.55. The van der Waals surface area contributed by atoms with E-state index >= 15 is 0 Å². The minimum absolute atomic E-state index is 0.155. The summed E-state index contributed by atoms with van der Waals surface area (Å²) in [5.74, 6) is 0.575. The Morgan fingerprint density at radius 3 is 2.28 bits per heavy atom. The lowest BCUT2D eigenvalue weighted by Crippen LogP contribution is -2.48. The molecule has 1 N–H and O–H groups in total. The van der Waals surface area contributed by atoms with Gasteiger partial charge in [-0.15, -0.1) is 0 Å². The highest BCUT2D eigenvalue weighted by Gasteiger charge is 2.44. The van der Waals surface area contributed by atoms with Crippen molar-refractivity contribution < 1.29 is 14.6 Å². The highest BCUT2D eigenvalue weighted by atomic mass is 16.6. The number of amides is 1. The number of carbonyl (C=O) groups is 1. The first-order chi connectivity index (χ1) is 8.40. The lowest BCUT2D eigenvalue weighted by molar-refractivity contribution is 0.000811. The Morgan fingerprint density at radius 2 is 1.83 bits per heavy atom. The molecule has 2 bridgehead atoms. The Hall–Kier alpha value is -0.770. The van der Waals surface area contributed by atoms with Crippen LogP contribution in [0.15, 0.2) is 0 Å². The number of piperidine rings is 1. The van der Waals surface area contributed by atoms with Crippen LogP contribution in [0.25, 0.3) is 0 Å². The minimum Gasteiger partial charge on any atom is -0.444 e. The van der Waals surface area contributed by atoms with Crippen LogP contribution in [0.4, 0.5) is 4.79 Å². The van der Waals surface area contributed by atoms with E-state index in [9.17, 15) is 4.79 Å². The number of aliphatic hydroxyl groups is 1. The molecule has 104 valence electrons. The molecule has 0 saturated carbocycles. The summed E-state index contributed by atoms with van der Waals surface area (Å²) in [7, 11) is 0. The SMILES string of the molecule is CC(C)(C)OC(=O)N1[C@@H]2CC[C@@H]1CC(CCO)C2. The van der Waals surface area contributed by atoms with Crippen LogP contribution < -0.4 is 0 Å². The average molecular weight is 255 g/mol. The Balaban J connectivity index is 1.98. The second-order valence-electron chi connectivity index (χ2n) is 6.62. The van der Waals surface area contributed by atoms with Gasteiger partial charge in [0.15, 0.2) is 0 Å². The van der Waals surface area contributed by atoms with Crippen LogP contribution in [0.1, 0.15) is 52.9 Å². The molecular formula is C14H25NO3. The first-order valence-electron chi connectivity index (χ1n) is 7.03. The zero-order valence-corrected chi connectivity index (χ0v) is 11.7. The van der Waals surface area contributed by atoms with Gasteiger partial charge in [0.05, 0.1) is 0 Å². The largest absolute Gasteiger partial charge is 0.444 e. The molecule has 2 rings (SSSR count). The molecule has 2 fully saturated rings. The summed E-state index contributed by atoms with van der Waals surface area (Å²) in [5.41, 5.74) is -0.418. The van der Waals surface area contributed by atoms with Crippen LogP contribution >= 0.6 is 0 Å². The summed E-state index contributed by atoms with van der Waals surface area (Å²) in [6, 6.07) is 0.658. The topological polar surface area (TPSA) is 49.8 Å². The molecule has 0 unspecified atom stereocenters. The number of hydrogen-bond donors (Lipinski definition) is 1. The van der Waals surface area contributed by atoms with Crippen molar-refractivity contribution in [3.8, 4) is 0 Å². The molecule has 2 aliphatic rings. The van der Waals surface area contributed by atoms with Gasteiger partial charge in [-0.25, -0.2) is 4.79 Å². The molecule has 0 aliphatic carbocycles. The van der Waals surface area contributed by atoms with Gasteiger partial charge in [-0.3, -0.25) is 0 Å². The summed E-state index contributed by atoms with van der Waals surface area (Å²) in [6.07, 6.45) is 4.94. The maximum atomic E-state index is 12.2. The highest BCUT2D eigenvalue weighted by molar-refractivity contribution is 5.69. The third-order valence-corrected chi connectivity index (χ3v) is 3.97. The molecule has 2 aliphatic heterocycles. The van der Waals surface area contributed by atoms with Gasteiger partial charge in [0.25, 0.3) is 0 Å². The van der Waals surface area contributed by atoms with Gasteiger partial charge in [0, 0.05) is 18.7 Å². The van der Waals surface area contributed by atoms with Gasteiger partial charge >= 0.3 is 6.09 Å². The number of ether oxygens (including phenoxy) is 1. The molecule has 18 heavy (non-hydrogen) atoms. The van der Waals surface area contributed by atoms with E-state index < -0.39 is 5.60 Å². The molecule has 2 saturated heterocycles. The zero-order chi connectivity index (χ0) is 13.3. The third kappa shape index (κ3) is 2.97. The van der Waals surface area contributed by atoms with Gasteiger partial charge < -0.3 is 14.7 Å². The Labute approximate surface area is 109 Å². The van der Waals surface area contributed by atoms with Gasteiger partial charge in [0.1, 0.15) is 5.60 Å². The van der Waals surface area contributed by atoms with E-state index in [1.54, 1.807) is 0 Å². The summed E-state index contributed by atoms with van der Waals surface area (Å²) in [5, 5.41) is 9.03. The van der Waals surface area contributed by atoms with Crippen LogP contribution in [0, 0.1) is 5.92 Å². The van der Waals surface area contributed by atoms with Crippen LogP contribution in [0.2, 0.25) is 0 Å². The number of carbonyl (C=O) groups excluding carboxylic acids is 1. The molecule has 2 atom stereocenters. The van der Waals surface area contributed by atoms with Crippen molar-refractivity contribution in [2.45, 2.75) is 70.6 Å². The Morgan fingerprint density at radius 1 is 1.28 bits per heavy atom. The van der Waals surface area contributed by atoms with Crippen molar-refractivity contribution in [2.24, 2.45) is 5.92 Å². The van der Waals surface area contributed by atoms with E-state index in [-0.39, 0.29) is 12.7 Å². The van der Waals surface area contributed by atoms with Gasteiger partial charge in [-0.1, -0.05) is 0 Å². The number of fused-ring (bicyclic) bond motifs is 2. The summed E-state index contributed by atoms with van der Waals surface area (Å²) >= 11 is 0. The van der Waals surface area contributed by atoms with E-state index in [1.807, 2.05) is 25.7 Å². The van der Waals surface area contributed by atoms with Crippen molar-refractivity contribution >= 4 is 6.09 Å². The minimum atomic E-state index is -0.418. The number of nitrogens with zero attached hydrogens (tertiary/aromatic N) is 1. The fraction of sp³-hybridized carbons (Fsp3) is 0.929. The van der Waals surface area contributed by atoms with Crippen molar-refractivity contribution in [3.63, 3.8) is 0 Å². The van der Waals surface area contributed by atoms with Crippen LogP contribution in [0.3, 0.4) is 0 Å². The fourth-order valence-corrected chi connectivity index (χ4v) is 3.32. The molecule has 0 aromatic carbocycles. The Kier molecular flexibility index (Phi) is 3.85. The number of hydrogen-bond acceptors (Lipinski definition) is 3. The molecule has 2 heterocycles. The van der Waals surface area contributed by atoms with E-state index in [0.717, 1.165) is 32.1 Å². The average Bonchev–Trinajstić information content (AvgIpc) is 2.49. The molecule has 0 aromatic heterocycles. The quantitative estimate of drug-likeness (QED) is 0.825. The molecule has 1 amide bonds. The molecular weight excluding hydrogens is 230 g/mol. The van der Waals surface area contributed by atoms with Crippen molar-refractivity contribution in [1.82, 2.24) is 4.90 Å². The van der Waals surface area contributed by atoms with Crippen LogP contribution in [-0.2, 0) is 4.74 Å². The monoisotopic (exact) mass is 255 g/mol. The third-order valence-electron chi connectivity index (χ3n) is 3.97. The zero-order valence-electron chi connectivity index (χ0n) is 11.7.